The van der Waals surface area contributed by atoms with Gasteiger partial charge in [-0.1, -0.05) is 54.6 Å². The standard InChI is InChI=1S/C17H24Cl2N2O/c1-12(17(22)20-14-8-4-3-5-9-14)21(2)11-13-7-6-10-15(18)16(13)19/h6-7,10,12,14H,3-5,8-9,11H2,1-2H3,(H,20,22)/t12-/m0/s1. The molecule has 2 rings (SSSR count). The Balaban J connectivity index is 1.91. The van der Waals surface area contributed by atoms with Crippen molar-refractivity contribution in [2.45, 2.75) is 57.7 Å². The zero-order valence-corrected chi connectivity index (χ0v) is 14.8. The second-order valence-electron chi connectivity index (χ2n) is 6.15. The number of nitrogens with one attached hydrogen (secondary N) is 1. The van der Waals surface area contributed by atoms with E-state index in [-0.39, 0.29) is 11.9 Å². The third-order valence-corrected chi connectivity index (χ3v) is 5.30. The molecule has 1 aromatic rings. The van der Waals surface area contributed by atoms with Crippen molar-refractivity contribution in [2.24, 2.45) is 0 Å². The lowest BCUT2D eigenvalue weighted by molar-refractivity contribution is -0.126. The molecule has 1 amide bonds. The molecule has 5 heteroatoms. The van der Waals surface area contributed by atoms with E-state index in [4.69, 9.17) is 23.2 Å². The molecule has 0 aliphatic heterocycles. The lowest BCUT2D eigenvalue weighted by atomic mass is 9.95. The van der Waals surface area contributed by atoms with Crippen LogP contribution in [-0.4, -0.2) is 29.9 Å². The van der Waals surface area contributed by atoms with Crippen molar-refractivity contribution in [3.8, 4) is 0 Å². The summed E-state index contributed by atoms with van der Waals surface area (Å²) in [5.74, 6) is 0.0903. The molecule has 0 heterocycles. The van der Waals surface area contributed by atoms with E-state index in [0.29, 0.717) is 22.6 Å². The monoisotopic (exact) mass is 342 g/mol. The Morgan fingerprint density at radius 2 is 2.00 bits per heavy atom. The van der Waals surface area contributed by atoms with Crippen molar-refractivity contribution in [1.82, 2.24) is 10.2 Å². The Morgan fingerprint density at radius 1 is 1.32 bits per heavy atom. The van der Waals surface area contributed by atoms with E-state index in [9.17, 15) is 4.79 Å². The molecule has 0 aromatic heterocycles. The third kappa shape index (κ3) is 4.61. The highest BCUT2D eigenvalue weighted by Gasteiger charge is 2.22. The molecule has 1 atom stereocenters. The number of benzene rings is 1. The first-order chi connectivity index (χ1) is 10.5. The highest BCUT2D eigenvalue weighted by Crippen LogP contribution is 2.26. The van der Waals surface area contributed by atoms with Crippen LogP contribution in [0.4, 0.5) is 0 Å². The fourth-order valence-electron chi connectivity index (χ4n) is 2.85. The Morgan fingerprint density at radius 3 is 2.68 bits per heavy atom. The molecule has 1 aromatic carbocycles. The molecule has 1 N–H and O–H groups in total. The van der Waals surface area contributed by atoms with Crippen LogP contribution < -0.4 is 5.32 Å². The number of hydrogen-bond acceptors (Lipinski definition) is 2. The Hall–Kier alpha value is -0.770. The predicted molar refractivity (Wildman–Crippen MR) is 92.4 cm³/mol. The molecule has 1 fully saturated rings. The van der Waals surface area contributed by atoms with Crippen molar-refractivity contribution in [3.05, 3.63) is 33.8 Å². The van der Waals surface area contributed by atoms with Gasteiger partial charge in [0.25, 0.3) is 0 Å². The van der Waals surface area contributed by atoms with E-state index in [2.05, 4.69) is 5.32 Å². The molecule has 0 bridgehead atoms. The van der Waals surface area contributed by atoms with E-state index in [0.717, 1.165) is 18.4 Å². The largest absolute Gasteiger partial charge is 0.352 e. The highest BCUT2D eigenvalue weighted by atomic mass is 35.5. The maximum Gasteiger partial charge on any atom is 0.237 e. The molecule has 0 spiro atoms. The van der Waals surface area contributed by atoms with Gasteiger partial charge in [-0.3, -0.25) is 9.69 Å². The summed E-state index contributed by atoms with van der Waals surface area (Å²) < 4.78 is 0. The number of hydrogen-bond donors (Lipinski definition) is 1. The van der Waals surface area contributed by atoms with Crippen molar-refractivity contribution in [1.29, 1.82) is 0 Å². The van der Waals surface area contributed by atoms with E-state index >= 15 is 0 Å². The fourth-order valence-corrected chi connectivity index (χ4v) is 3.22. The van der Waals surface area contributed by atoms with Gasteiger partial charge in [0.2, 0.25) is 5.91 Å². The summed E-state index contributed by atoms with van der Waals surface area (Å²) in [6.45, 7) is 2.52. The number of nitrogens with zero attached hydrogens (tertiary/aromatic N) is 1. The molecular formula is C17H24Cl2N2O. The zero-order chi connectivity index (χ0) is 16.1. The van der Waals surface area contributed by atoms with E-state index in [1.807, 2.05) is 31.0 Å². The van der Waals surface area contributed by atoms with Crippen LogP contribution in [0.1, 0.15) is 44.6 Å². The fraction of sp³-hybridized carbons (Fsp3) is 0.588. The number of likely N-dealkylation sites (N-methyl/N-ethyl adjacent to an activating group) is 1. The average Bonchev–Trinajstić information content (AvgIpc) is 2.52. The first-order valence-corrected chi connectivity index (χ1v) is 8.68. The maximum atomic E-state index is 12.4. The van der Waals surface area contributed by atoms with Crippen LogP contribution in [0.2, 0.25) is 10.0 Å². The maximum absolute atomic E-state index is 12.4. The molecule has 22 heavy (non-hydrogen) atoms. The molecule has 0 radical (unpaired) electrons. The van der Waals surface area contributed by atoms with Crippen LogP contribution in [0.5, 0.6) is 0 Å². The summed E-state index contributed by atoms with van der Waals surface area (Å²) in [7, 11) is 1.93. The summed E-state index contributed by atoms with van der Waals surface area (Å²) >= 11 is 12.3. The van der Waals surface area contributed by atoms with Gasteiger partial charge in [-0.2, -0.15) is 0 Å². The average molecular weight is 343 g/mol. The van der Waals surface area contributed by atoms with Gasteiger partial charge in [-0.05, 0) is 38.4 Å². The smallest absolute Gasteiger partial charge is 0.237 e. The summed E-state index contributed by atoms with van der Waals surface area (Å²) in [5, 5.41) is 4.29. The minimum atomic E-state index is -0.197. The highest BCUT2D eigenvalue weighted by molar-refractivity contribution is 6.42. The SMILES string of the molecule is C[C@@H](C(=O)NC1CCCCC1)N(C)Cc1cccc(Cl)c1Cl. The van der Waals surface area contributed by atoms with Gasteiger partial charge >= 0.3 is 0 Å². The van der Waals surface area contributed by atoms with E-state index in [1.54, 1.807) is 6.07 Å². The first-order valence-electron chi connectivity index (χ1n) is 7.92. The van der Waals surface area contributed by atoms with E-state index in [1.165, 1.54) is 19.3 Å². The Kier molecular flexibility index (Phi) is 6.54. The number of halogens is 2. The number of rotatable bonds is 5. The minimum absolute atomic E-state index is 0.0903. The van der Waals surface area contributed by atoms with Crippen LogP contribution in [-0.2, 0) is 11.3 Å². The van der Waals surface area contributed by atoms with Crippen LogP contribution in [0, 0.1) is 0 Å². The quantitative estimate of drug-likeness (QED) is 0.866. The van der Waals surface area contributed by atoms with Gasteiger partial charge < -0.3 is 5.32 Å². The normalized spacial score (nSPS) is 17.5. The van der Waals surface area contributed by atoms with Crippen molar-refractivity contribution < 1.29 is 4.79 Å². The summed E-state index contributed by atoms with van der Waals surface area (Å²) in [6, 6.07) is 5.73. The van der Waals surface area contributed by atoms with Crippen LogP contribution in [0.3, 0.4) is 0 Å². The van der Waals surface area contributed by atoms with Gasteiger partial charge in [0.1, 0.15) is 0 Å². The third-order valence-electron chi connectivity index (χ3n) is 4.44. The summed E-state index contributed by atoms with van der Waals surface area (Å²) in [6.07, 6.45) is 5.92. The molecule has 1 aliphatic rings. The second-order valence-corrected chi connectivity index (χ2v) is 6.93. The van der Waals surface area contributed by atoms with Crippen molar-refractivity contribution in [2.75, 3.05) is 7.05 Å². The molecule has 3 nitrogen and oxygen atoms in total. The molecule has 122 valence electrons. The molecule has 0 unspecified atom stereocenters. The lowest BCUT2D eigenvalue weighted by Crippen LogP contribution is -2.47. The second kappa shape index (κ2) is 8.19. The molecule has 0 saturated heterocycles. The number of amides is 1. The first kappa shape index (κ1) is 17.6. The lowest BCUT2D eigenvalue weighted by Gasteiger charge is -2.28. The van der Waals surface area contributed by atoms with Crippen molar-refractivity contribution >= 4 is 29.1 Å². The summed E-state index contributed by atoms with van der Waals surface area (Å²) in [4.78, 5) is 14.4. The Bertz CT molecular complexity index is 515. The van der Waals surface area contributed by atoms with E-state index < -0.39 is 0 Å². The summed E-state index contributed by atoms with van der Waals surface area (Å²) in [5.41, 5.74) is 0.939. The molecular weight excluding hydrogens is 319 g/mol. The molecule has 1 aliphatic carbocycles. The van der Waals surface area contributed by atoms with Crippen LogP contribution in [0.25, 0.3) is 0 Å². The number of carbonyl (C=O) groups is 1. The zero-order valence-electron chi connectivity index (χ0n) is 13.2. The van der Waals surface area contributed by atoms with Crippen LogP contribution in [0.15, 0.2) is 18.2 Å². The Labute approximate surface area is 143 Å². The topological polar surface area (TPSA) is 32.3 Å². The van der Waals surface area contributed by atoms with Gasteiger partial charge in [0.05, 0.1) is 16.1 Å². The predicted octanol–water partition coefficient (Wildman–Crippen LogP) is 4.26. The number of carbonyl (C=O) groups excluding carboxylic acids is 1. The van der Waals surface area contributed by atoms with Gasteiger partial charge in [-0.25, -0.2) is 0 Å². The van der Waals surface area contributed by atoms with Gasteiger partial charge in [-0.15, -0.1) is 0 Å². The molecule has 1 saturated carbocycles. The van der Waals surface area contributed by atoms with Crippen molar-refractivity contribution in [3.63, 3.8) is 0 Å². The minimum Gasteiger partial charge on any atom is -0.352 e. The van der Waals surface area contributed by atoms with Gasteiger partial charge in [0.15, 0.2) is 0 Å². The van der Waals surface area contributed by atoms with Crippen LogP contribution >= 0.6 is 23.2 Å². The van der Waals surface area contributed by atoms with Gasteiger partial charge in [0, 0.05) is 12.6 Å².